The summed E-state index contributed by atoms with van der Waals surface area (Å²) in [4.78, 5) is 4.27. The Hall–Kier alpha value is -2.55. The van der Waals surface area contributed by atoms with Gasteiger partial charge in [0.25, 0.3) is 0 Å². The first kappa shape index (κ1) is 18.2. The van der Waals surface area contributed by atoms with Crippen LogP contribution in [0.3, 0.4) is 0 Å². The molecule has 0 spiro atoms. The third-order valence-corrected chi connectivity index (χ3v) is 4.62. The molecule has 1 N–H and O–H groups in total. The molecule has 0 radical (unpaired) electrons. The Morgan fingerprint density at radius 2 is 1.62 bits per heavy atom. The first-order chi connectivity index (χ1) is 12.8. The summed E-state index contributed by atoms with van der Waals surface area (Å²) >= 11 is 0. The first-order valence-corrected chi connectivity index (χ1v) is 9.58. The van der Waals surface area contributed by atoms with Crippen molar-refractivity contribution in [2.75, 3.05) is 6.61 Å². The Bertz CT molecular complexity index is 827. The second kappa shape index (κ2) is 9.23. The second-order valence-electron chi connectivity index (χ2n) is 6.74. The van der Waals surface area contributed by atoms with Gasteiger partial charge in [0.15, 0.2) is 0 Å². The molecule has 0 unspecified atom stereocenters. The van der Waals surface area contributed by atoms with Crippen LogP contribution >= 0.6 is 0 Å². The standard InChI is InChI=1S/C23H27NO2/c1-2-3-4-5-6-7-14-26-22-12-10-18-15-20(9-8-19(18)16-22)23-13-11-21(25)17-24-23/h8-13,15-17,25H,2-7,14H2,1H3. The molecule has 0 saturated heterocycles. The van der Waals surface area contributed by atoms with Crippen molar-refractivity contribution in [1.82, 2.24) is 4.98 Å². The SMILES string of the molecule is CCCCCCCCOc1ccc2cc(-c3ccc(O)cn3)ccc2c1. The molecule has 3 rings (SSSR count). The topological polar surface area (TPSA) is 42.4 Å². The molecule has 3 heteroatoms. The smallest absolute Gasteiger partial charge is 0.133 e. The number of hydrogen-bond donors (Lipinski definition) is 1. The van der Waals surface area contributed by atoms with Gasteiger partial charge in [0.05, 0.1) is 18.5 Å². The van der Waals surface area contributed by atoms with Gasteiger partial charge in [0.2, 0.25) is 0 Å². The van der Waals surface area contributed by atoms with E-state index in [0.717, 1.165) is 40.8 Å². The van der Waals surface area contributed by atoms with Gasteiger partial charge in [-0.1, -0.05) is 57.2 Å². The molecule has 1 heterocycles. The third kappa shape index (κ3) is 4.98. The number of aromatic nitrogens is 1. The molecule has 0 aliphatic carbocycles. The fourth-order valence-corrected chi connectivity index (χ4v) is 3.10. The average Bonchev–Trinajstić information content (AvgIpc) is 2.67. The van der Waals surface area contributed by atoms with E-state index in [-0.39, 0.29) is 5.75 Å². The van der Waals surface area contributed by atoms with Crippen molar-refractivity contribution in [3.05, 3.63) is 54.7 Å². The van der Waals surface area contributed by atoms with E-state index in [9.17, 15) is 5.11 Å². The molecule has 2 aromatic carbocycles. The predicted octanol–water partition coefficient (Wildman–Crippen LogP) is 6.35. The minimum Gasteiger partial charge on any atom is -0.506 e. The summed E-state index contributed by atoms with van der Waals surface area (Å²) < 4.78 is 5.91. The van der Waals surface area contributed by atoms with Gasteiger partial charge in [-0.3, -0.25) is 4.98 Å². The van der Waals surface area contributed by atoms with Crippen LogP contribution in [-0.4, -0.2) is 16.7 Å². The van der Waals surface area contributed by atoms with E-state index in [1.807, 2.05) is 12.1 Å². The van der Waals surface area contributed by atoms with Crippen molar-refractivity contribution >= 4 is 10.8 Å². The molecular formula is C23H27NO2. The Balaban J connectivity index is 1.59. The molecule has 0 atom stereocenters. The summed E-state index contributed by atoms with van der Waals surface area (Å²) in [6.07, 6.45) is 9.11. The highest BCUT2D eigenvalue weighted by Crippen LogP contribution is 2.27. The first-order valence-electron chi connectivity index (χ1n) is 9.58. The number of unbranched alkanes of at least 4 members (excludes halogenated alkanes) is 5. The number of rotatable bonds is 9. The molecule has 0 fully saturated rings. The van der Waals surface area contributed by atoms with Crippen molar-refractivity contribution in [1.29, 1.82) is 0 Å². The predicted molar refractivity (Wildman–Crippen MR) is 108 cm³/mol. The van der Waals surface area contributed by atoms with Crippen LogP contribution in [0.25, 0.3) is 22.0 Å². The average molecular weight is 349 g/mol. The van der Waals surface area contributed by atoms with Crippen molar-refractivity contribution in [2.24, 2.45) is 0 Å². The summed E-state index contributed by atoms with van der Waals surface area (Å²) in [5, 5.41) is 11.7. The normalized spacial score (nSPS) is 11.0. The van der Waals surface area contributed by atoms with E-state index in [4.69, 9.17) is 4.74 Å². The van der Waals surface area contributed by atoms with Gasteiger partial charge in [0.1, 0.15) is 11.5 Å². The minimum absolute atomic E-state index is 0.182. The van der Waals surface area contributed by atoms with Crippen LogP contribution in [0, 0.1) is 0 Å². The van der Waals surface area contributed by atoms with Crippen LogP contribution < -0.4 is 4.74 Å². The number of fused-ring (bicyclic) bond motifs is 1. The maximum Gasteiger partial charge on any atom is 0.133 e. The molecule has 0 aliphatic rings. The van der Waals surface area contributed by atoms with E-state index in [1.165, 1.54) is 38.3 Å². The van der Waals surface area contributed by atoms with E-state index in [2.05, 4.69) is 42.2 Å². The summed E-state index contributed by atoms with van der Waals surface area (Å²) in [5.41, 5.74) is 1.89. The molecule has 0 saturated carbocycles. The monoisotopic (exact) mass is 349 g/mol. The lowest BCUT2D eigenvalue weighted by molar-refractivity contribution is 0.305. The van der Waals surface area contributed by atoms with Crippen LogP contribution in [0.15, 0.2) is 54.7 Å². The number of pyridine rings is 1. The quantitative estimate of drug-likeness (QED) is 0.458. The van der Waals surface area contributed by atoms with Crippen LogP contribution in [0.1, 0.15) is 45.4 Å². The number of aromatic hydroxyl groups is 1. The van der Waals surface area contributed by atoms with Crippen molar-refractivity contribution in [3.8, 4) is 22.8 Å². The summed E-state index contributed by atoms with van der Waals surface area (Å²) in [6, 6.07) is 16.0. The Labute approximate surface area is 155 Å². The van der Waals surface area contributed by atoms with E-state index in [1.54, 1.807) is 6.07 Å². The summed E-state index contributed by atoms with van der Waals surface area (Å²) in [7, 11) is 0. The fourth-order valence-electron chi connectivity index (χ4n) is 3.10. The van der Waals surface area contributed by atoms with E-state index >= 15 is 0 Å². The molecule has 0 aliphatic heterocycles. The highest BCUT2D eigenvalue weighted by molar-refractivity contribution is 5.87. The highest BCUT2D eigenvalue weighted by atomic mass is 16.5. The zero-order chi connectivity index (χ0) is 18.2. The summed E-state index contributed by atoms with van der Waals surface area (Å²) in [6.45, 7) is 3.03. The largest absolute Gasteiger partial charge is 0.506 e. The Morgan fingerprint density at radius 1 is 0.846 bits per heavy atom. The van der Waals surface area contributed by atoms with Crippen LogP contribution in [0.5, 0.6) is 11.5 Å². The third-order valence-electron chi connectivity index (χ3n) is 4.62. The van der Waals surface area contributed by atoms with Crippen molar-refractivity contribution in [3.63, 3.8) is 0 Å². The molecule has 0 bridgehead atoms. The molecular weight excluding hydrogens is 322 g/mol. The molecule has 136 valence electrons. The van der Waals surface area contributed by atoms with Gasteiger partial charge in [-0.25, -0.2) is 0 Å². The lowest BCUT2D eigenvalue weighted by Gasteiger charge is -2.08. The minimum atomic E-state index is 0.182. The molecule has 3 nitrogen and oxygen atoms in total. The highest BCUT2D eigenvalue weighted by Gasteiger charge is 2.03. The van der Waals surface area contributed by atoms with Crippen molar-refractivity contribution < 1.29 is 9.84 Å². The van der Waals surface area contributed by atoms with Crippen LogP contribution in [0.4, 0.5) is 0 Å². The summed E-state index contributed by atoms with van der Waals surface area (Å²) in [5.74, 6) is 1.11. The zero-order valence-corrected chi connectivity index (χ0v) is 15.4. The lowest BCUT2D eigenvalue weighted by atomic mass is 10.0. The molecule has 0 amide bonds. The lowest BCUT2D eigenvalue weighted by Crippen LogP contribution is -1.97. The van der Waals surface area contributed by atoms with Gasteiger partial charge >= 0.3 is 0 Å². The zero-order valence-electron chi connectivity index (χ0n) is 15.4. The maximum atomic E-state index is 9.37. The van der Waals surface area contributed by atoms with E-state index < -0.39 is 0 Å². The van der Waals surface area contributed by atoms with Crippen LogP contribution in [-0.2, 0) is 0 Å². The maximum absolute atomic E-state index is 9.37. The van der Waals surface area contributed by atoms with E-state index in [0.29, 0.717) is 0 Å². The van der Waals surface area contributed by atoms with Crippen molar-refractivity contribution in [2.45, 2.75) is 45.4 Å². The molecule has 1 aromatic heterocycles. The molecule has 26 heavy (non-hydrogen) atoms. The van der Waals surface area contributed by atoms with Gasteiger partial charge < -0.3 is 9.84 Å². The number of nitrogens with zero attached hydrogens (tertiary/aromatic N) is 1. The van der Waals surface area contributed by atoms with Gasteiger partial charge in [-0.15, -0.1) is 0 Å². The second-order valence-corrected chi connectivity index (χ2v) is 6.74. The van der Waals surface area contributed by atoms with Crippen LogP contribution in [0.2, 0.25) is 0 Å². The number of hydrogen-bond acceptors (Lipinski definition) is 3. The molecule has 3 aromatic rings. The van der Waals surface area contributed by atoms with Gasteiger partial charge in [0, 0.05) is 5.56 Å². The number of benzene rings is 2. The number of ether oxygens (including phenoxy) is 1. The Kier molecular flexibility index (Phi) is 6.48. The Morgan fingerprint density at radius 3 is 2.42 bits per heavy atom. The fraction of sp³-hybridized carbons (Fsp3) is 0.348. The van der Waals surface area contributed by atoms with Gasteiger partial charge in [-0.05, 0) is 47.5 Å². The van der Waals surface area contributed by atoms with Gasteiger partial charge in [-0.2, -0.15) is 0 Å².